The summed E-state index contributed by atoms with van der Waals surface area (Å²) < 4.78 is 3.18. The van der Waals surface area contributed by atoms with E-state index in [-0.39, 0.29) is 5.91 Å². The summed E-state index contributed by atoms with van der Waals surface area (Å²) in [5, 5.41) is 4.10. The third-order valence-electron chi connectivity index (χ3n) is 3.30. The fraction of sp³-hybridized carbons (Fsp3) is 0.125. The minimum Gasteiger partial charge on any atom is -0.350 e. The molecular formula is C16H14BrN3O. The predicted molar refractivity (Wildman–Crippen MR) is 86.2 cm³/mol. The van der Waals surface area contributed by atoms with Crippen LogP contribution in [0.4, 0.5) is 0 Å². The second-order valence-corrected chi connectivity index (χ2v) is 5.63. The third-order valence-corrected chi connectivity index (χ3v) is 3.79. The molecule has 0 unspecified atom stereocenters. The molecule has 1 aromatic carbocycles. The largest absolute Gasteiger partial charge is 0.350 e. The number of pyridine rings is 1. The van der Waals surface area contributed by atoms with Gasteiger partial charge < -0.3 is 9.88 Å². The summed E-state index contributed by atoms with van der Waals surface area (Å²) in [4.78, 5) is 15.9. The molecule has 5 heteroatoms. The third kappa shape index (κ3) is 3.13. The van der Waals surface area contributed by atoms with Crippen LogP contribution in [0.25, 0.3) is 10.9 Å². The Morgan fingerprint density at radius 1 is 1.29 bits per heavy atom. The standard InChI is InChI=1S/C16H14BrN3O/c17-14-4-3-12-5-8-20(15(12)10-14)9-7-19-16(21)13-2-1-6-18-11-13/h1-6,8,10-11H,7,9H2,(H,19,21). The van der Waals surface area contributed by atoms with Gasteiger partial charge >= 0.3 is 0 Å². The number of hydrogen-bond donors (Lipinski definition) is 1. The van der Waals surface area contributed by atoms with E-state index < -0.39 is 0 Å². The van der Waals surface area contributed by atoms with Crippen molar-refractivity contribution in [1.82, 2.24) is 14.9 Å². The van der Waals surface area contributed by atoms with Crippen LogP contribution in [0.3, 0.4) is 0 Å². The first-order chi connectivity index (χ1) is 10.2. The van der Waals surface area contributed by atoms with Gasteiger partial charge in [0.2, 0.25) is 0 Å². The van der Waals surface area contributed by atoms with E-state index >= 15 is 0 Å². The highest BCUT2D eigenvalue weighted by Gasteiger charge is 2.05. The molecule has 0 aliphatic rings. The molecule has 0 spiro atoms. The Morgan fingerprint density at radius 3 is 3.00 bits per heavy atom. The number of amides is 1. The van der Waals surface area contributed by atoms with E-state index in [1.807, 2.05) is 12.3 Å². The van der Waals surface area contributed by atoms with Gasteiger partial charge in [-0.15, -0.1) is 0 Å². The Bertz CT molecular complexity index is 768. The molecule has 3 rings (SSSR count). The van der Waals surface area contributed by atoms with Crippen LogP contribution >= 0.6 is 15.9 Å². The Balaban J connectivity index is 1.65. The van der Waals surface area contributed by atoms with Gasteiger partial charge in [-0.25, -0.2) is 0 Å². The smallest absolute Gasteiger partial charge is 0.252 e. The zero-order chi connectivity index (χ0) is 14.7. The van der Waals surface area contributed by atoms with Crippen molar-refractivity contribution < 1.29 is 4.79 Å². The maximum absolute atomic E-state index is 11.9. The van der Waals surface area contributed by atoms with Crippen molar-refractivity contribution in [2.24, 2.45) is 0 Å². The summed E-state index contributed by atoms with van der Waals surface area (Å²) in [7, 11) is 0. The quantitative estimate of drug-likeness (QED) is 0.790. The molecule has 0 aliphatic heterocycles. The van der Waals surface area contributed by atoms with Crippen LogP contribution in [0.2, 0.25) is 0 Å². The molecule has 1 N–H and O–H groups in total. The molecule has 0 fully saturated rings. The number of rotatable bonds is 4. The topological polar surface area (TPSA) is 46.9 Å². The maximum Gasteiger partial charge on any atom is 0.252 e. The Kier molecular flexibility index (Phi) is 4.01. The monoisotopic (exact) mass is 343 g/mol. The lowest BCUT2D eigenvalue weighted by molar-refractivity contribution is 0.0952. The first-order valence-corrected chi connectivity index (χ1v) is 7.46. The van der Waals surface area contributed by atoms with Gasteiger partial charge in [-0.3, -0.25) is 9.78 Å². The Morgan fingerprint density at radius 2 is 2.19 bits per heavy atom. The van der Waals surface area contributed by atoms with E-state index in [9.17, 15) is 4.79 Å². The summed E-state index contributed by atoms with van der Waals surface area (Å²) in [5.41, 5.74) is 1.73. The number of aromatic nitrogens is 2. The number of hydrogen-bond acceptors (Lipinski definition) is 2. The molecule has 1 amide bonds. The summed E-state index contributed by atoms with van der Waals surface area (Å²) in [6.45, 7) is 1.30. The van der Waals surface area contributed by atoms with Crippen LogP contribution in [-0.4, -0.2) is 22.0 Å². The van der Waals surface area contributed by atoms with Crippen molar-refractivity contribution in [3.63, 3.8) is 0 Å². The molecule has 4 nitrogen and oxygen atoms in total. The highest BCUT2D eigenvalue weighted by atomic mass is 79.9. The number of nitrogens with zero attached hydrogens (tertiary/aromatic N) is 2. The summed E-state index contributed by atoms with van der Waals surface area (Å²) in [5.74, 6) is -0.0965. The number of fused-ring (bicyclic) bond motifs is 1. The van der Waals surface area contributed by atoms with Crippen LogP contribution in [0.5, 0.6) is 0 Å². The molecule has 2 aromatic heterocycles. The molecule has 3 aromatic rings. The summed E-state index contributed by atoms with van der Waals surface area (Å²) in [6.07, 6.45) is 5.26. The predicted octanol–water partition coefficient (Wildman–Crippen LogP) is 3.23. The minimum atomic E-state index is -0.0965. The lowest BCUT2D eigenvalue weighted by Crippen LogP contribution is -2.27. The van der Waals surface area contributed by atoms with Crippen molar-refractivity contribution in [3.05, 3.63) is 65.0 Å². The van der Waals surface area contributed by atoms with Gasteiger partial charge in [-0.1, -0.05) is 22.0 Å². The molecular weight excluding hydrogens is 330 g/mol. The van der Waals surface area contributed by atoms with E-state index in [1.165, 1.54) is 5.39 Å². The number of carbonyl (C=O) groups is 1. The highest BCUT2D eigenvalue weighted by molar-refractivity contribution is 9.10. The Labute approximate surface area is 130 Å². The van der Waals surface area contributed by atoms with E-state index in [0.717, 1.165) is 16.5 Å². The second-order valence-electron chi connectivity index (χ2n) is 4.71. The average Bonchev–Trinajstić information content (AvgIpc) is 2.90. The van der Waals surface area contributed by atoms with Gasteiger partial charge in [-0.2, -0.15) is 0 Å². The van der Waals surface area contributed by atoms with Crippen molar-refractivity contribution in [2.45, 2.75) is 6.54 Å². The molecule has 0 atom stereocenters. The molecule has 2 heterocycles. The van der Waals surface area contributed by atoms with Crippen LogP contribution in [0.15, 0.2) is 59.5 Å². The van der Waals surface area contributed by atoms with E-state index in [1.54, 1.807) is 24.5 Å². The molecule has 0 saturated carbocycles. The number of benzene rings is 1. The average molecular weight is 344 g/mol. The van der Waals surface area contributed by atoms with Crippen LogP contribution in [0.1, 0.15) is 10.4 Å². The van der Waals surface area contributed by atoms with E-state index in [0.29, 0.717) is 12.1 Å². The normalized spacial score (nSPS) is 10.7. The van der Waals surface area contributed by atoms with Crippen molar-refractivity contribution in [3.8, 4) is 0 Å². The molecule has 21 heavy (non-hydrogen) atoms. The molecule has 0 aliphatic carbocycles. The minimum absolute atomic E-state index is 0.0965. The lowest BCUT2D eigenvalue weighted by atomic mass is 10.2. The zero-order valence-corrected chi connectivity index (χ0v) is 12.9. The number of halogens is 1. The zero-order valence-electron chi connectivity index (χ0n) is 11.3. The van der Waals surface area contributed by atoms with Crippen molar-refractivity contribution >= 4 is 32.7 Å². The summed E-state index contributed by atoms with van der Waals surface area (Å²) in [6, 6.07) is 11.8. The molecule has 0 bridgehead atoms. The van der Waals surface area contributed by atoms with Gasteiger partial charge in [-0.05, 0) is 35.7 Å². The number of carbonyl (C=O) groups excluding carboxylic acids is 1. The molecule has 0 saturated heterocycles. The second kappa shape index (κ2) is 6.10. The SMILES string of the molecule is O=C(NCCn1ccc2ccc(Br)cc21)c1cccnc1. The van der Waals surface area contributed by atoms with Crippen molar-refractivity contribution in [2.75, 3.05) is 6.54 Å². The van der Waals surface area contributed by atoms with Gasteiger partial charge in [0, 0.05) is 41.7 Å². The fourth-order valence-electron chi connectivity index (χ4n) is 2.24. The number of nitrogens with one attached hydrogen (secondary N) is 1. The molecule has 106 valence electrons. The first-order valence-electron chi connectivity index (χ1n) is 6.67. The maximum atomic E-state index is 11.9. The van der Waals surface area contributed by atoms with Gasteiger partial charge in [0.1, 0.15) is 0 Å². The van der Waals surface area contributed by atoms with Gasteiger partial charge in [0.15, 0.2) is 0 Å². The van der Waals surface area contributed by atoms with Crippen molar-refractivity contribution in [1.29, 1.82) is 0 Å². The highest BCUT2D eigenvalue weighted by Crippen LogP contribution is 2.20. The van der Waals surface area contributed by atoms with Crippen LogP contribution < -0.4 is 5.32 Å². The van der Waals surface area contributed by atoms with E-state index in [4.69, 9.17) is 0 Å². The molecule has 0 radical (unpaired) electrons. The Hall–Kier alpha value is -2.14. The van der Waals surface area contributed by atoms with E-state index in [2.05, 4.69) is 49.0 Å². The lowest BCUT2D eigenvalue weighted by Gasteiger charge is -2.08. The first kappa shape index (κ1) is 13.8. The summed E-state index contributed by atoms with van der Waals surface area (Å²) >= 11 is 3.48. The van der Waals surface area contributed by atoms with Gasteiger partial charge in [0.25, 0.3) is 5.91 Å². The van der Waals surface area contributed by atoms with Crippen LogP contribution in [0, 0.1) is 0 Å². The van der Waals surface area contributed by atoms with Gasteiger partial charge in [0.05, 0.1) is 5.56 Å². The fourth-order valence-corrected chi connectivity index (χ4v) is 2.59. The van der Waals surface area contributed by atoms with Crippen LogP contribution in [-0.2, 0) is 6.54 Å².